The minimum absolute atomic E-state index is 0.0162. The predicted molar refractivity (Wildman–Crippen MR) is 39.9 cm³/mol. The molecule has 0 amide bonds. The van der Waals surface area contributed by atoms with E-state index >= 15 is 0 Å². The van der Waals surface area contributed by atoms with Crippen molar-refractivity contribution in [3.05, 3.63) is 33.8 Å². The first kappa shape index (κ1) is 8.21. The van der Waals surface area contributed by atoms with Crippen LogP contribution < -0.4 is 16.0 Å². The second-order valence-electron chi connectivity index (χ2n) is 2.01. The van der Waals surface area contributed by atoms with Crippen LogP contribution in [0.1, 0.15) is 0 Å². The first-order valence-electron chi connectivity index (χ1n) is 2.99. The van der Waals surface area contributed by atoms with Crippen molar-refractivity contribution >= 4 is 11.4 Å². The zero-order chi connectivity index (χ0) is 9.14. The summed E-state index contributed by atoms with van der Waals surface area (Å²) in [6.45, 7) is 0. The molecule has 0 aromatic carbocycles. The van der Waals surface area contributed by atoms with Crippen LogP contribution in [0.3, 0.4) is 0 Å². The van der Waals surface area contributed by atoms with Gasteiger partial charge in [-0.3, -0.25) is 16.0 Å². The fourth-order valence-electron chi connectivity index (χ4n) is 0.741. The Morgan fingerprint density at radius 3 is 2.83 bits per heavy atom. The number of nitrogens with one attached hydrogen (secondary N) is 1. The second-order valence-corrected chi connectivity index (χ2v) is 2.01. The van der Waals surface area contributed by atoms with E-state index < -0.39 is 4.92 Å². The average molecular weight is 170 g/mol. The third kappa shape index (κ3) is 1.40. The molecule has 7 nitrogen and oxygen atoms in total. The maximum Gasteiger partial charge on any atom is 0.305 e. The van der Waals surface area contributed by atoms with Crippen molar-refractivity contribution in [3.8, 4) is 0 Å². The highest BCUT2D eigenvalue weighted by Crippen LogP contribution is 2.19. The van der Waals surface area contributed by atoms with Crippen molar-refractivity contribution in [1.29, 1.82) is 0 Å². The Kier molecular flexibility index (Phi) is 2.06. The lowest BCUT2D eigenvalue weighted by Gasteiger charge is -2.00. The topological polar surface area (TPSA) is 108 Å². The largest absolute Gasteiger partial charge is 0.619 e. The Hall–Kier alpha value is -1.89. The normalized spacial score (nSPS) is 9.42. The summed E-state index contributed by atoms with van der Waals surface area (Å²) in [7, 11) is 0. The number of hydrazine groups is 1. The Morgan fingerprint density at radius 1 is 1.67 bits per heavy atom. The quantitative estimate of drug-likeness (QED) is 0.205. The molecule has 0 bridgehead atoms. The minimum atomic E-state index is -0.630. The molecule has 1 rings (SSSR count). The van der Waals surface area contributed by atoms with E-state index in [1.54, 1.807) is 0 Å². The Labute approximate surface area is 67.1 Å². The minimum Gasteiger partial charge on any atom is -0.619 e. The van der Waals surface area contributed by atoms with Gasteiger partial charge in [0.05, 0.1) is 11.0 Å². The summed E-state index contributed by atoms with van der Waals surface area (Å²) in [6, 6.07) is 1.07. The smallest absolute Gasteiger partial charge is 0.305 e. The lowest BCUT2D eigenvalue weighted by Crippen LogP contribution is -2.26. The van der Waals surface area contributed by atoms with Crippen molar-refractivity contribution in [2.75, 3.05) is 5.43 Å². The van der Waals surface area contributed by atoms with Crippen molar-refractivity contribution < 1.29 is 9.65 Å². The van der Waals surface area contributed by atoms with E-state index in [1.165, 1.54) is 0 Å². The molecule has 0 radical (unpaired) electrons. The number of hydrogen-bond acceptors (Lipinski definition) is 5. The molecule has 1 aromatic heterocycles. The number of hydrogen-bond donors (Lipinski definition) is 2. The number of aromatic nitrogens is 1. The molecule has 0 aliphatic heterocycles. The molecule has 1 aromatic rings. The molecule has 0 aliphatic carbocycles. The number of nitro groups is 1. The Balaban J connectivity index is 3.20. The molecule has 0 spiro atoms. The third-order valence-corrected chi connectivity index (χ3v) is 1.26. The van der Waals surface area contributed by atoms with Crippen LogP contribution in [-0.2, 0) is 0 Å². The molecule has 0 fully saturated rings. The van der Waals surface area contributed by atoms with Gasteiger partial charge in [-0.25, -0.2) is 0 Å². The van der Waals surface area contributed by atoms with E-state index in [0.29, 0.717) is 4.73 Å². The molecule has 64 valence electrons. The van der Waals surface area contributed by atoms with Crippen LogP contribution in [0.2, 0.25) is 0 Å². The van der Waals surface area contributed by atoms with Gasteiger partial charge in [0.25, 0.3) is 0 Å². The summed E-state index contributed by atoms with van der Waals surface area (Å²) < 4.78 is 0.419. The number of pyridine rings is 1. The molecule has 3 N–H and O–H groups in total. The van der Waals surface area contributed by atoms with E-state index in [2.05, 4.69) is 5.43 Å². The molecule has 1 heterocycles. The zero-order valence-corrected chi connectivity index (χ0v) is 5.93. The average Bonchev–Trinajstić information content (AvgIpc) is 2.03. The van der Waals surface area contributed by atoms with E-state index in [4.69, 9.17) is 5.84 Å². The fraction of sp³-hybridized carbons (Fsp3) is 0. The molecular weight excluding hydrogens is 164 g/mol. The van der Waals surface area contributed by atoms with Gasteiger partial charge in [0.2, 0.25) is 6.20 Å². The van der Waals surface area contributed by atoms with Crippen LogP contribution in [0.15, 0.2) is 18.5 Å². The van der Waals surface area contributed by atoms with Gasteiger partial charge in [-0.2, -0.15) is 4.73 Å². The van der Waals surface area contributed by atoms with Crippen molar-refractivity contribution in [2.45, 2.75) is 0 Å². The summed E-state index contributed by atoms with van der Waals surface area (Å²) in [5.74, 6) is 4.95. The Bertz CT molecular complexity index is 314. The summed E-state index contributed by atoms with van der Waals surface area (Å²) in [4.78, 5) is 9.66. The number of nitrogen functional groups attached to an aromatic ring is 1. The fourth-order valence-corrected chi connectivity index (χ4v) is 0.741. The van der Waals surface area contributed by atoms with Crippen molar-refractivity contribution in [1.82, 2.24) is 0 Å². The zero-order valence-electron chi connectivity index (χ0n) is 5.93. The van der Waals surface area contributed by atoms with E-state index in [-0.39, 0.29) is 11.4 Å². The standard InChI is InChI=1S/C5H6N4O3/c6-7-4-3-8(10)2-1-5(4)9(11)12/h1-3,7H,6H2. The molecule has 0 aliphatic rings. The first-order valence-corrected chi connectivity index (χ1v) is 2.99. The summed E-state index contributed by atoms with van der Waals surface area (Å²) in [5.41, 5.74) is 1.81. The molecule has 0 saturated heterocycles. The van der Waals surface area contributed by atoms with Crippen LogP contribution in [0, 0.1) is 15.3 Å². The van der Waals surface area contributed by atoms with Gasteiger partial charge in [-0.15, -0.1) is 0 Å². The van der Waals surface area contributed by atoms with Gasteiger partial charge < -0.3 is 10.6 Å². The maximum atomic E-state index is 10.6. The van der Waals surface area contributed by atoms with Gasteiger partial charge in [0, 0.05) is 0 Å². The van der Waals surface area contributed by atoms with Gasteiger partial charge in [-0.05, 0) is 0 Å². The van der Waals surface area contributed by atoms with Crippen LogP contribution in [0.4, 0.5) is 11.4 Å². The van der Waals surface area contributed by atoms with Crippen molar-refractivity contribution in [2.24, 2.45) is 5.84 Å². The second kappa shape index (κ2) is 3.01. The molecule has 12 heavy (non-hydrogen) atoms. The highest BCUT2D eigenvalue weighted by Gasteiger charge is 2.15. The third-order valence-electron chi connectivity index (χ3n) is 1.26. The van der Waals surface area contributed by atoms with Crippen LogP contribution in [-0.4, -0.2) is 4.92 Å². The summed E-state index contributed by atoms with van der Waals surface area (Å²) in [5, 5.41) is 20.9. The van der Waals surface area contributed by atoms with Crippen LogP contribution in [0.25, 0.3) is 0 Å². The highest BCUT2D eigenvalue weighted by atomic mass is 16.6. The molecule has 7 heteroatoms. The molecule has 0 atom stereocenters. The maximum absolute atomic E-state index is 10.6. The van der Waals surface area contributed by atoms with Gasteiger partial charge in [-0.1, -0.05) is 0 Å². The monoisotopic (exact) mass is 170 g/mol. The lowest BCUT2D eigenvalue weighted by molar-refractivity contribution is -0.605. The van der Waals surface area contributed by atoms with E-state index in [9.17, 15) is 15.3 Å². The highest BCUT2D eigenvalue weighted by molar-refractivity contribution is 5.57. The lowest BCUT2D eigenvalue weighted by atomic mass is 10.3. The van der Waals surface area contributed by atoms with Gasteiger partial charge in [0.15, 0.2) is 11.9 Å². The number of nitrogens with zero attached hydrogens (tertiary/aromatic N) is 2. The molecular formula is C5H6N4O3. The Morgan fingerprint density at radius 2 is 2.33 bits per heavy atom. The van der Waals surface area contributed by atoms with Crippen molar-refractivity contribution in [3.63, 3.8) is 0 Å². The predicted octanol–water partition coefficient (Wildman–Crippen LogP) is -0.486. The number of anilines is 1. The summed E-state index contributed by atoms with van der Waals surface area (Å²) in [6.07, 6.45) is 2.01. The van der Waals surface area contributed by atoms with E-state index in [1.807, 2.05) is 0 Å². The molecule has 0 unspecified atom stereocenters. The SMILES string of the molecule is NNc1c[n+]([O-])ccc1[N+](=O)[O-]. The summed E-state index contributed by atoms with van der Waals surface area (Å²) >= 11 is 0. The van der Waals surface area contributed by atoms with Crippen LogP contribution >= 0.6 is 0 Å². The van der Waals surface area contributed by atoms with Gasteiger partial charge >= 0.3 is 5.69 Å². The number of nitrogens with two attached hydrogens (primary N) is 1. The van der Waals surface area contributed by atoms with Crippen LogP contribution in [0.5, 0.6) is 0 Å². The first-order chi connectivity index (χ1) is 5.65. The number of rotatable bonds is 2. The molecule has 0 saturated carbocycles. The van der Waals surface area contributed by atoms with Gasteiger partial charge in [0.1, 0.15) is 0 Å². The van der Waals surface area contributed by atoms with E-state index in [0.717, 1.165) is 18.5 Å².